The topological polar surface area (TPSA) is 41.1 Å². The Balaban J connectivity index is 2.19. The molecule has 4 heteroatoms. The number of carbonyl (C=O) groups excluding carboxylic acids is 1. The van der Waals surface area contributed by atoms with Gasteiger partial charge in [-0.05, 0) is 38.3 Å². The molecule has 18 heavy (non-hydrogen) atoms. The third-order valence-electron chi connectivity index (χ3n) is 2.75. The second-order valence-corrected chi connectivity index (χ2v) is 5.70. The molecule has 0 saturated heterocycles. The Labute approximate surface area is 114 Å². The Kier molecular flexibility index (Phi) is 6.83. The van der Waals surface area contributed by atoms with E-state index in [9.17, 15) is 4.79 Å². The molecule has 0 heterocycles. The fourth-order valence-corrected chi connectivity index (χ4v) is 1.82. The monoisotopic (exact) mass is 266 g/mol. The summed E-state index contributed by atoms with van der Waals surface area (Å²) < 4.78 is 0. The quantitative estimate of drug-likeness (QED) is 0.746. The van der Waals surface area contributed by atoms with E-state index in [-0.39, 0.29) is 5.91 Å². The van der Waals surface area contributed by atoms with Gasteiger partial charge >= 0.3 is 0 Å². The minimum Gasteiger partial charge on any atom is -0.325 e. The average molecular weight is 266 g/mol. The Morgan fingerprint density at radius 2 is 2.00 bits per heavy atom. The third kappa shape index (κ3) is 6.07. The smallest absolute Gasteiger partial charge is 0.238 e. The van der Waals surface area contributed by atoms with Gasteiger partial charge in [0.15, 0.2) is 0 Å². The first-order valence-corrected chi connectivity index (χ1v) is 7.50. The van der Waals surface area contributed by atoms with E-state index in [0.717, 1.165) is 18.7 Å². The normalized spacial score (nSPS) is 12.2. The number of carbonyl (C=O) groups is 1. The largest absolute Gasteiger partial charge is 0.325 e. The van der Waals surface area contributed by atoms with Crippen molar-refractivity contribution in [2.75, 3.05) is 24.7 Å². The van der Waals surface area contributed by atoms with Gasteiger partial charge in [0.25, 0.3) is 0 Å². The molecular formula is C14H22N2OS. The summed E-state index contributed by atoms with van der Waals surface area (Å²) in [6.07, 6.45) is 3.19. The van der Waals surface area contributed by atoms with E-state index in [1.165, 1.54) is 5.56 Å². The first kappa shape index (κ1) is 15.1. The van der Waals surface area contributed by atoms with E-state index in [4.69, 9.17) is 0 Å². The van der Waals surface area contributed by atoms with Crippen molar-refractivity contribution in [1.82, 2.24) is 5.32 Å². The summed E-state index contributed by atoms with van der Waals surface area (Å²) in [5.41, 5.74) is 2.04. The van der Waals surface area contributed by atoms with E-state index in [1.807, 2.05) is 43.0 Å². The molecule has 0 bridgehead atoms. The molecule has 1 unspecified atom stereocenters. The fourth-order valence-electron chi connectivity index (χ4n) is 1.47. The molecule has 0 radical (unpaired) electrons. The van der Waals surface area contributed by atoms with Crippen LogP contribution in [-0.2, 0) is 4.79 Å². The fraction of sp³-hybridized carbons (Fsp3) is 0.500. The third-order valence-corrected chi connectivity index (χ3v) is 3.79. The Hall–Kier alpha value is -1.00. The number of rotatable bonds is 7. The predicted molar refractivity (Wildman–Crippen MR) is 80.3 cm³/mol. The van der Waals surface area contributed by atoms with Crippen LogP contribution in [0.5, 0.6) is 0 Å². The maximum atomic E-state index is 11.6. The van der Waals surface area contributed by atoms with E-state index in [2.05, 4.69) is 23.8 Å². The molecule has 0 aromatic heterocycles. The summed E-state index contributed by atoms with van der Waals surface area (Å²) in [6.45, 7) is 5.47. The molecule has 0 fully saturated rings. The van der Waals surface area contributed by atoms with Gasteiger partial charge in [0.2, 0.25) is 5.91 Å². The maximum absolute atomic E-state index is 11.6. The van der Waals surface area contributed by atoms with Crippen molar-refractivity contribution < 1.29 is 4.79 Å². The lowest BCUT2D eigenvalue weighted by Crippen LogP contribution is -2.29. The van der Waals surface area contributed by atoms with Crippen molar-refractivity contribution >= 4 is 23.4 Å². The molecule has 2 N–H and O–H groups in total. The Morgan fingerprint density at radius 3 is 2.61 bits per heavy atom. The molecule has 0 spiro atoms. The minimum atomic E-state index is 0.00987. The summed E-state index contributed by atoms with van der Waals surface area (Å²) in [6, 6.07) is 7.82. The zero-order valence-corrected chi connectivity index (χ0v) is 12.1. The molecule has 3 nitrogen and oxygen atoms in total. The highest BCUT2D eigenvalue weighted by Gasteiger charge is 2.02. The van der Waals surface area contributed by atoms with Gasteiger partial charge < -0.3 is 10.6 Å². The highest BCUT2D eigenvalue weighted by molar-refractivity contribution is 7.99. The molecule has 1 aromatic rings. The van der Waals surface area contributed by atoms with Crippen LogP contribution in [0.4, 0.5) is 5.69 Å². The van der Waals surface area contributed by atoms with Crippen LogP contribution in [0.25, 0.3) is 0 Å². The molecule has 1 amide bonds. The molecule has 1 rings (SSSR count). The van der Waals surface area contributed by atoms with Crippen LogP contribution in [0.1, 0.15) is 18.9 Å². The zero-order chi connectivity index (χ0) is 13.4. The minimum absolute atomic E-state index is 0.00987. The summed E-state index contributed by atoms with van der Waals surface area (Å²) in [5, 5.41) is 6.66. The van der Waals surface area contributed by atoms with E-state index >= 15 is 0 Å². The van der Waals surface area contributed by atoms with Gasteiger partial charge in [-0.1, -0.05) is 24.6 Å². The highest BCUT2D eigenvalue weighted by Crippen LogP contribution is 2.09. The first-order valence-electron chi connectivity index (χ1n) is 6.22. The van der Waals surface area contributed by atoms with Crippen LogP contribution in [-0.4, -0.2) is 30.5 Å². The van der Waals surface area contributed by atoms with Gasteiger partial charge in [0.1, 0.15) is 0 Å². The Bertz CT molecular complexity index is 365. The Morgan fingerprint density at radius 1 is 1.33 bits per heavy atom. The maximum Gasteiger partial charge on any atom is 0.238 e. The SMILES string of the molecule is CSC(C)CCNCC(=O)Nc1ccc(C)cc1. The van der Waals surface area contributed by atoms with Crippen molar-refractivity contribution in [3.63, 3.8) is 0 Å². The van der Waals surface area contributed by atoms with E-state index in [0.29, 0.717) is 11.8 Å². The van der Waals surface area contributed by atoms with Gasteiger partial charge in [-0.3, -0.25) is 4.79 Å². The summed E-state index contributed by atoms with van der Waals surface area (Å²) >= 11 is 1.85. The van der Waals surface area contributed by atoms with Crippen LogP contribution in [0.2, 0.25) is 0 Å². The first-order chi connectivity index (χ1) is 8.61. The van der Waals surface area contributed by atoms with E-state index in [1.54, 1.807) is 0 Å². The van der Waals surface area contributed by atoms with Crippen LogP contribution < -0.4 is 10.6 Å². The lowest BCUT2D eigenvalue weighted by atomic mass is 10.2. The summed E-state index contributed by atoms with van der Waals surface area (Å²) in [4.78, 5) is 11.6. The number of amides is 1. The van der Waals surface area contributed by atoms with Crippen molar-refractivity contribution in [2.24, 2.45) is 0 Å². The van der Waals surface area contributed by atoms with Gasteiger partial charge in [-0.2, -0.15) is 11.8 Å². The molecule has 0 saturated carbocycles. The second kappa shape index (κ2) is 8.16. The molecule has 0 aliphatic heterocycles. The van der Waals surface area contributed by atoms with Crippen LogP contribution in [0, 0.1) is 6.92 Å². The van der Waals surface area contributed by atoms with Crippen LogP contribution in [0.15, 0.2) is 24.3 Å². The number of anilines is 1. The molecule has 0 aliphatic carbocycles. The molecular weight excluding hydrogens is 244 g/mol. The molecule has 0 aliphatic rings. The number of benzene rings is 1. The lowest BCUT2D eigenvalue weighted by molar-refractivity contribution is -0.115. The molecule has 100 valence electrons. The second-order valence-electron chi connectivity index (χ2n) is 4.43. The van der Waals surface area contributed by atoms with Gasteiger partial charge in [-0.15, -0.1) is 0 Å². The standard InChI is InChI=1S/C14H22N2OS/c1-11-4-6-13(7-5-11)16-14(17)10-15-9-8-12(2)18-3/h4-7,12,15H,8-10H2,1-3H3,(H,16,17). The van der Waals surface area contributed by atoms with E-state index < -0.39 is 0 Å². The van der Waals surface area contributed by atoms with Gasteiger partial charge in [0, 0.05) is 10.9 Å². The average Bonchev–Trinajstić information content (AvgIpc) is 2.37. The zero-order valence-electron chi connectivity index (χ0n) is 11.3. The van der Waals surface area contributed by atoms with Crippen LogP contribution in [0.3, 0.4) is 0 Å². The van der Waals surface area contributed by atoms with Gasteiger partial charge in [-0.25, -0.2) is 0 Å². The number of nitrogens with one attached hydrogen (secondary N) is 2. The summed E-state index contributed by atoms with van der Waals surface area (Å²) in [5.74, 6) is 0.00987. The number of hydrogen-bond donors (Lipinski definition) is 2. The molecule has 1 aromatic carbocycles. The highest BCUT2D eigenvalue weighted by atomic mass is 32.2. The number of hydrogen-bond acceptors (Lipinski definition) is 3. The predicted octanol–water partition coefficient (Wildman–Crippen LogP) is 2.66. The van der Waals surface area contributed by atoms with Crippen molar-refractivity contribution in [1.29, 1.82) is 0 Å². The number of aryl methyl sites for hydroxylation is 1. The van der Waals surface area contributed by atoms with Crippen molar-refractivity contribution in [2.45, 2.75) is 25.5 Å². The lowest BCUT2D eigenvalue weighted by Gasteiger charge is -2.09. The molecule has 1 atom stereocenters. The van der Waals surface area contributed by atoms with Crippen molar-refractivity contribution in [3.8, 4) is 0 Å². The van der Waals surface area contributed by atoms with Gasteiger partial charge in [0.05, 0.1) is 6.54 Å². The van der Waals surface area contributed by atoms with Crippen LogP contribution >= 0.6 is 11.8 Å². The van der Waals surface area contributed by atoms with Crippen molar-refractivity contribution in [3.05, 3.63) is 29.8 Å². The summed E-state index contributed by atoms with van der Waals surface area (Å²) in [7, 11) is 0. The number of thioether (sulfide) groups is 1.